The van der Waals surface area contributed by atoms with Crippen LogP contribution < -0.4 is 4.74 Å². The van der Waals surface area contributed by atoms with Crippen molar-refractivity contribution in [3.63, 3.8) is 0 Å². The van der Waals surface area contributed by atoms with Crippen LogP contribution in [0.5, 0.6) is 5.75 Å². The Morgan fingerprint density at radius 1 is 1.29 bits per heavy atom. The normalized spacial score (nSPS) is 16.1. The molecule has 0 atom stereocenters. The first-order valence-corrected chi connectivity index (χ1v) is 8.96. The molecule has 0 saturated carbocycles. The van der Waals surface area contributed by atoms with Gasteiger partial charge in [0.25, 0.3) is 0 Å². The number of hydrogen-bond acceptors (Lipinski definition) is 3. The molecule has 1 aliphatic rings. The number of carbonyl (C=O) groups is 1. The van der Waals surface area contributed by atoms with Crippen LogP contribution in [0.1, 0.15) is 45.6 Å². The first kappa shape index (κ1) is 18.9. The number of amides is 1. The van der Waals surface area contributed by atoms with E-state index in [0.29, 0.717) is 10.9 Å². The fraction of sp³-hybridized carbons (Fsp3) is 0.632. The summed E-state index contributed by atoms with van der Waals surface area (Å²) in [7, 11) is 1.64. The molecule has 24 heavy (non-hydrogen) atoms. The summed E-state index contributed by atoms with van der Waals surface area (Å²) in [6, 6.07) is 5.96. The molecule has 0 radical (unpaired) electrons. The molecule has 1 aromatic rings. The Balaban J connectivity index is 1.78. The smallest absolute Gasteiger partial charge is 0.410 e. The molecule has 0 aromatic heterocycles. The van der Waals surface area contributed by atoms with Gasteiger partial charge in [-0.25, -0.2) is 4.79 Å². The highest BCUT2D eigenvalue weighted by atomic mass is 35.5. The molecule has 0 N–H and O–H groups in total. The van der Waals surface area contributed by atoms with Crippen molar-refractivity contribution in [2.45, 2.75) is 52.1 Å². The average Bonchev–Trinajstić information content (AvgIpc) is 2.53. The molecule has 1 aromatic carbocycles. The van der Waals surface area contributed by atoms with Crippen molar-refractivity contribution < 1.29 is 14.3 Å². The van der Waals surface area contributed by atoms with E-state index in [1.807, 2.05) is 37.8 Å². The van der Waals surface area contributed by atoms with Gasteiger partial charge in [0.05, 0.1) is 12.1 Å². The van der Waals surface area contributed by atoms with Crippen LogP contribution in [-0.4, -0.2) is 36.8 Å². The Labute approximate surface area is 150 Å². The van der Waals surface area contributed by atoms with Crippen LogP contribution in [0.25, 0.3) is 0 Å². The minimum Gasteiger partial charge on any atom is -0.495 e. The lowest BCUT2D eigenvalue weighted by Crippen LogP contribution is -2.41. The summed E-state index contributed by atoms with van der Waals surface area (Å²) >= 11 is 6.06. The molecule has 0 unspecified atom stereocenters. The Bertz CT molecular complexity index is 560. The van der Waals surface area contributed by atoms with Gasteiger partial charge in [-0.3, -0.25) is 0 Å². The van der Waals surface area contributed by atoms with Crippen LogP contribution in [0.2, 0.25) is 5.02 Å². The van der Waals surface area contributed by atoms with Crippen LogP contribution in [0.3, 0.4) is 0 Å². The summed E-state index contributed by atoms with van der Waals surface area (Å²) in [5, 5.41) is 0.645. The number of rotatable bonds is 4. The Hall–Kier alpha value is -1.42. The van der Waals surface area contributed by atoms with Crippen LogP contribution in [0.4, 0.5) is 4.79 Å². The fourth-order valence-corrected chi connectivity index (χ4v) is 3.16. The molecule has 2 rings (SSSR count). The first-order valence-electron chi connectivity index (χ1n) is 8.59. The number of carbonyl (C=O) groups excluding carboxylic acids is 1. The highest BCUT2D eigenvalue weighted by molar-refractivity contribution is 6.32. The quantitative estimate of drug-likeness (QED) is 0.770. The van der Waals surface area contributed by atoms with Gasteiger partial charge in [0.2, 0.25) is 0 Å². The van der Waals surface area contributed by atoms with Crippen molar-refractivity contribution >= 4 is 17.7 Å². The van der Waals surface area contributed by atoms with Crippen molar-refractivity contribution in [1.82, 2.24) is 4.90 Å². The topological polar surface area (TPSA) is 38.8 Å². The number of aryl methyl sites for hydroxylation is 1. The zero-order chi connectivity index (χ0) is 17.7. The van der Waals surface area contributed by atoms with E-state index in [2.05, 4.69) is 6.07 Å². The highest BCUT2D eigenvalue weighted by Gasteiger charge is 2.26. The molecule has 1 saturated heterocycles. The van der Waals surface area contributed by atoms with E-state index in [1.165, 1.54) is 5.56 Å². The minimum atomic E-state index is -0.429. The van der Waals surface area contributed by atoms with E-state index < -0.39 is 5.60 Å². The van der Waals surface area contributed by atoms with Gasteiger partial charge in [0.15, 0.2) is 0 Å². The molecular formula is C19H28ClNO3. The predicted molar refractivity (Wildman–Crippen MR) is 96.9 cm³/mol. The van der Waals surface area contributed by atoms with Crippen molar-refractivity contribution in [3.8, 4) is 5.75 Å². The number of hydrogen-bond donors (Lipinski definition) is 0. The van der Waals surface area contributed by atoms with E-state index in [-0.39, 0.29) is 6.09 Å². The third kappa shape index (κ3) is 5.59. The molecule has 5 heteroatoms. The predicted octanol–water partition coefficient (Wildman–Crippen LogP) is 4.93. The summed E-state index contributed by atoms with van der Waals surface area (Å²) in [6.45, 7) is 7.27. The maximum atomic E-state index is 12.1. The van der Waals surface area contributed by atoms with Crippen molar-refractivity contribution in [3.05, 3.63) is 28.8 Å². The summed E-state index contributed by atoms with van der Waals surface area (Å²) in [6.07, 6.45) is 3.99. The van der Waals surface area contributed by atoms with E-state index in [1.54, 1.807) is 7.11 Å². The maximum absolute atomic E-state index is 12.1. The first-order chi connectivity index (χ1) is 11.3. The average molecular weight is 354 g/mol. The number of methoxy groups -OCH3 is 1. The second kappa shape index (κ2) is 8.11. The number of benzene rings is 1. The molecule has 0 bridgehead atoms. The molecule has 0 aliphatic carbocycles. The molecule has 1 aliphatic heterocycles. The van der Waals surface area contributed by atoms with E-state index in [0.717, 1.165) is 44.5 Å². The zero-order valence-electron chi connectivity index (χ0n) is 15.1. The minimum absolute atomic E-state index is 0.191. The zero-order valence-corrected chi connectivity index (χ0v) is 15.9. The van der Waals surface area contributed by atoms with E-state index >= 15 is 0 Å². The molecule has 4 nitrogen and oxygen atoms in total. The van der Waals surface area contributed by atoms with Crippen LogP contribution in [-0.2, 0) is 11.2 Å². The number of ether oxygens (including phenoxy) is 2. The Morgan fingerprint density at radius 3 is 2.54 bits per heavy atom. The summed E-state index contributed by atoms with van der Waals surface area (Å²) in [5.74, 6) is 1.37. The molecule has 1 amide bonds. The lowest BCUT2D eigenvalue weighted by atomic mass is 9.90. The highest BCUT2D eigenvalue weighted by Crippen LogP contribution is 2.28. The van der Waals surface area contributed by atoms with Gasteiger partial charge in [0, 0.05) is 13.1 Å². The molecular weight excluding hydrogens is 326 g/mol. The lowest BCUT2D eigenvalue weighted by Gasteiger charge is -2.33. The van der Waals surface area contributed by atoms with Gasteiger partial charge in [-0.05, 0) is 70.1 Å². The number of nitrogens with zero attached hydrogens (tertiary/aromatic N) is 1. The monoisotopic (exact) mass is 353 g/mol. The molecule has 1 heterocycles. The largest absolute Gasteiger partial charge is 0.495 e. The van der Waals surface area contributed by atoms with Gasteiger partial charge in [-0.2, -0.15) is 0 Å². The third-order valence-corrected chi connectivity index (χ3v) is 4.64. The van der Waals surface area contributed by atoms with Gasteiger partial charge in [0.1, 0.15) is 11.4 Å². The van der Waals surface area contributed by atoms with Gasteiger partial charge in [-0.1, -0.05) is 17.7 Å². The number of halogens is 1. The van der Waals surface area contributed by atoms with Gasteiger partial charge in [-0.15, -0.1) is 0 Å². The van der Waals surface area contributed by atoms with Crippen LogP contribution in [0, 0.1) is 5.92 Å². The van der Waals surface area contributed by atoms with Crippen molar-refractivity contribution in [2.75, 3.05) is 20.2 Å². The summed E-state index contributed by atoms with van der Waals surface area (Å²) in [5.41, 5.74) is 0.813. The van der Waals surface area contributed by atoms with Crippen molar-refractivity contribution in [2.24, 2.45) is 5.92 Å². The maximum Gasteiger partial charge on any atom is 0.410 e. The van der Waals surface area contributed by atoms with Crippen molar-refractivity contribution in [1.29, 1.82) is 0 Å². The second-order valence-electron chi connectivity index (χ2n) is 7.42. The summed E-state index contributed by atoms with van der Waals surface area (Å²) < 4.78 is 10.7. The molecule has 0 spiro atoms. The second-order valence-corrected chi connectivity index (χ2v) is 7.83. The molecule has 1 fully saturated rings. The van der Waals surface area contributed by atoms with Crippen LogP contribution in [0.15, 0.2) is 18.2 Å². The van der Waals surface area contributed by atoms with Crippen LogP contribution >= 0.6 is 11.6 Å². The summed E-state index contributed by atoms with van der Waals surface area (Å²) in [4.78, 5) is 13.9. The Morgan fingerprint density at radius 2 is 1.96 bits per heavy atom. The van der Waals surface area contributed by atoms with E-state index in [9.17, 15) is 4.79 Å². The van der Waals surface area contributed by atoms with Gasteiger partial charge < -0.3 is 14.4 Å². The SMILES string of the molecule is COc1cc(CCC2CCN(C(=O)OC(C)(C)C)CC2)ccc1Cl. The number of likely N-dealkylation sites (tertiary alicyclic amines) is 1. The lowest BCUT2D eigenvalue weighted by molar-refractivity contribution is 0.0181. The number of piperidine rings is 1. The third-order valence-electron chi connectivity index (χ3n) is 4.32. The molecule has 134 valence electrons. The standard InChI is InChI=1S/C19H28ClNO3/c1-19(2,3)24-18(22)21-11-9-14(10-12-21)5-6-15-7-8-16(20)17(13-15)23-4/h7-8,13-14H,5-6,9-12H2,1-4H3. The fourth-order valence-electron chi connectivity index (χ4n) is 2.96. The van der Waals surface area contributed by atoms with E-state index in [4.69, 9.17) is 21.1 Å². The van der Waals surface area contributed by atoms with Gasteiger partial charge >= 0.3 is 6.09 Å². The Kier molecular flexibility index (Phi) is 6.39.